The van der Waals surface area contributed by atoms with Crippen LogP contribution < -0.4 is 15.4 Å². The van der Waals surface area contributed by atoms with Gasteiger partial charge >= 0.3 is 6.09 Å². The highest BCUT2D eigenvalue weighted by atomic mass is 16.6. The molecule has 38 heavy (non-hydrogen) atoms. The van der Waals surface area contributed by atoms with E-state index < -0.39 is 18.2 Å². The number of carbonyl (C=O) groups excluding carboxylic acids is 2. The van der Waals surface area contributed by atoms with Crippen molar-refractivity contribution in [2.45, 2.75) is 77.7 Å². The van der Waals surface area contributed by atoms with Crippen molar-refractivity contribution in [3.8, 4) is 5.75 Å². The molecule has 8 nitrogen and oxygen atoms in total. The van der Waals surface area contributed by atoms with Crippen LogP contribution in [0.2, 0.25) is 0 Å². The lowest BCUT2D eigenvalue weighted by molar-refractivity contribution is -0.124. The van der Waals surface area contributed by atoms with Gasteiger partial charge in [-0.05, 0) is 55.7 Å². The second kappa shape index (κ2) is 14.7. The van der Waals surface area contributed by atoms with Gasteiger partial charge in [0, 0.05) is 12.5 Å². The van der Waals surface area contributed by atoms with E-state index in [0.29, 0.717) is 44.1 Å². The number of hydrogen-bond donors (Lipinski definition) is 3. The van der Waals surface area contributed by atoms with Gasteiger partial charge in [0.15, 0.2) is 6.61 Å². The number of rotatable bonds is 13. The molecule has 8 heteroatoms. The van der Waals surface area contributed by atoms with Gasteiger partial charge in [-0.2, -0.15) is 0 Å². The number of nitrogens with one attached hydrogen (secondary N) is 2. The van der Waals surface area contributed by atoms with E-state index in [4.69, 9.17) is 14.2 Å². The normalized spacial score (nSPS) is 17.5. The van der Waals surface area contributed by atoms with Gasteiger partial charge in [-0.1, -0.05) is 62.4 Å². The number of aliphatic hydroxyl groups is 1. The first kappa shape index (κ1) is 29.5. The Morgan fingerprint density at radius 3 is 2.37 bits per heavy atom. The quantitative estimate of drug-likeness (QED) is 0.363. The predicted molar refractivity (Wildman–Crippen MR) is 146 cm³/mol. The summed E-state index contributed by atoms with van der Waals surface area (Å²) in [5.41, 5.74) is 2.92. The molecule has 3 N–H and O–H groups in total. The van der Waals surface area contributed by atoms with Crippen molar-refractivity contribution in [1.82, 2.24) is 10.6 Å². The smallest absolute Gasteiger partial charge is 0.407 e. The van der Waals surface area contributed by atoms with Crippen LogP contribution >= 0.6 is 0 Å². The molecule has 0 aliphatic carbocycles. The number of ether oxygens (including phenoxy) is 3. The summed E-state index contributed by atoms with van der Waals surface area (Å²) in [6, 6.07) is 14.6. The van der Waals surface area contributed by atoms with Crippen LogP contribution in [0.1, 0.15) is 49.8 Å². The zero-order valence-electron chi connectivity index (χ0n) is 22.9. The molecule has 1 unspecified atom stereocenters. The van der Waals surface area contributed by atoms with Gasteiger partial charge in [-0.25, -0.2) is 4.79 Å². The Bertz CT molecular complexity index is 1000. The van der Waals surface area contributed by atoms with Gasteiger partial charge < -0.3 is 30.0 Å². The van der Waals surface area contributed by atoms with E-state index in [1.807, 2.05) is 62.4 Å². The maximum absolute atomic E-state index is 12.8. The van der Waals surface area contributed by atoms with E-state index in [0.717, 1.165) is 16.7 Å². The minimum Gasteiger partial charge on any atom is -0.483 e. The fraction of sp³-hybridized carbons (Fsp3) is 0.533. The summed E-state index contributed by atoms with van der Waals surface area (Å²) in [5.74, 6) is 0.750. The lowest BCUT2D eigenvalue weighted by Crippen LogP contribution is -2.49. The molecule has 208 valence electrons. The number of amides is 2. The summed E-state index contributed by atoms with van der Waals surface area (Å²) < 4.78 is 16.6. The molecule has 0 bridgehead atoms. The van der Waals surface area contributed by atoms with E-state index >= 15 is 0 Å². The zero-order chi connectivity index (χ0) is 27.5. The highest BCUT2D eigenvalue weighted by Crippen LogP contribution is 2.22. The van der Waals surface area contributed by atoms with E-state index in [-0.39, 0.29) is 31.1 Å². The number of hydrogen-bond acceptors (Lipinski definition) is 6. The Labute approximate surface area is 226 Å². The fourth-order valence-corrected chi connectivity index (χ4v) is 4.77. The second-order valence-corrected chi connectivity index (χ2v) is 10.5. The maximum atomic E-state index is 12.8. The molecule has 1 aliphatic heterocycles. The Hall–Kier alpha value is -3.10. The highest BCUT2D eigenvalue weighted by molar-refractivity contribution is 5.78. The number of para-hydroxylation sites is 1. The van der Waals surface area contributed by atoms with Gasteiger partial charge in [-0.15, -0.1) is 0 Å². The standard InChI is InChI=1S/C30H42N2O6/c1-20(2)15-24(31-28(34)19-37-29-21(3)9-8-10-22(29)4)17-27(33)26(16-23-11-6-5-7-12-23)32-30(35)38-25-13-14-36-18-25/h5-12,20,24-27,33H,13-19H2,1-4H3,(H,31,34)(H,32,35)/t24-,25?,26-,27-/m0/s1. The van der Waals surface area contributed by atoms with Crippen molar-refractivity contribution in [3.63, 3.8) is 0 Å². The first-order valence-electron chi connectivity index (χ1n) is 13.5. The third-order valence-electron chi connectivity index (χ3n) is 6.63. The van der Waals surface area contributed by atoms with Crippen LogP contribution in [0.4, 0.5) is 4.79 Å². The minimum absolute atomic E-state index is 0.113. The number of alkyl carbamates (subject to hydrolysis) is 1. The molecule has 0 saturated carbocycles. The monoisotopic (exact) mass is 526 g/mol. The van der Waals surface area contributed by atoms with Crippen molar-refractivity contribution in [2.24, 2.45) is 5.92 Å². The molecule has 2 aromatic rings. The molecule has 2 aromatic carbocycles. The Morgan fingerprint density at radius 1 is 1.03 bits per heavy atom. The lowest BCUT2D eigenvalue weighted by Gasteiger charge is -2.29. The van der Waals surface area contributed by atoms with E-state index in [1.165, 1.54) is 0 Å². The minimum atomic E-state index is -0.911. The summed E-state index contributed by atoms with van der Waals surface area (Å²) in [4.78, 5) is 25.5. The zero-order valence-corrected chi connectivity index (χ0v) is 22.9. The molecule has 1 fully saturated rings. The van der Waals surface area contributed by atoms with Gasteiger partial charge in [0.05, 0.1) is 25.4 Å². The maximum Gasteiger partial charge on any atom is 0.407 e. The van der Waals surface area contributed by atoms with Crippen LogP contribution in [0.15, 0.2) is 48.5 Å². The first-order chi connectivity index (χ1) is 18.2. The molecule has 0 spiro atoms. The van der Waals surface area contributed by atoms with Crippen LogP contribution in [-0.2, 0) is 20.7 Å². The molecule has 1 aliphatic rings. The topological polar surface area (TPSA) is 106 Å². The summed E-state index contributed by atoms with van der Waals surface area (Å²) in [6.45, 7) is 8.87. The molecule has 0 aromatic heterocycles. The van der Waals surface area contributed by atoms with Gasteiger partial charge in [0.25, 0.3) is 5.91 Å². The Morgan fingerprint density at radius 2 is 1.74 bits per heavy atom. The van der Waals surface area contributed by atoms with Gasteiger partial charge in [0.2, 0.25) is 0 Å². The van der Waals surface area contributed by atoms with Crippen LogP contribution in [0.5, 0.6) is 5.75 Å². The summed E-state index contributed by atoms with van der Waals surface area (Å²) in [7, 11) is 0. The number of benzene rings is 2. The van der Waals surface area contributed by atoms with Crippen molar-refractivity contribution in [1.29, 1.82) is 0 Å². The Kier molecular flexibility index (Phi) is 11.4. The third-order valence-corrected chi connectivity index (χ3v) is 6.63. The van der Waals surface area contributed by atoms with Crippen LogP contribution in [0.3, 0.4) is 0 Å². The van der Waals surface area contributed by atoms with Crippen LogP contribution in [0, 0.1) is 19.8 Å². The highest BCUT2D eigenvalue weighted by Gasteiger charge is 2.28. The number of carbonyl (C=O) groups is 2. The fourth-order valence-electron chi connectivity index (χ4n) is 4.77. The van der Waals surface area contributed by atoms with E-state index in [2.05, 4.69) is 24.5 Å². The van der Waals surface area contributed by atoms with Crippen LogP contribution in [0.25, 0.3) is 0 Å². The largest absolute Gasteiger partial charge is 0.483 e. The molecule has 4 atom stereocenters. The summed E-state index contributed by atoms with van der Waals surface area (Å²) >= 11 is 0. The average molecular weight is 527 g/mol. The SMILES string of the molecule is Cc1cccc(C)c1OCC(=O)N[C@@H](CC(C)C)C[C@H](O)[C@H](Cc1ccccc1)NC(=O)OC1CCOC1. The predicted octanol–water partition coefficient (Wildman–Crippen LogP) is 4.09. The second-order valence-electron chi connectivity index (χ2n) is 10.5. The number of aliphatic hydroxyl groups excluding tert-OH is 1. The Balaban J connectivity index is 1.64. The van der Waals surface area contributed by atoms with Crippen molar-refractivity contribution in [3.05, 3.63) is 65.2 Å². The average Bonchev–Trinajstić information content (AvgIpc) is 3.36. The third kappa shape index (κ3) is 9.65. The first-order valence-corrected chi connectivity index (χ1v) is 13.5. The molecule has 1 saturated heterocycles. The molecular weight excluding hydrogens is 484 g/mol. The summed E-state index contributed by atoms with van der Waals surface area (Å²) in [5, 5.41) is 17.2. The summed E-state index contributed by atoms with van der Waals surface area (Å²) in [6.07, 6.45) is 0.265. The molecule has 1 heterocycles. The van der Waals surface area contributed by atoms with E-state index in [9.17, 15) is 14.7 Å². The lowest BCUT2D eigenvalue weighted by atomic mass is 9.92. The molecular formula is C30H42N2O6. The van der Waals surface area contributed by atoms with Gasteiger partial charge in [0.1, 0.15) is 11.9 Å². The van der Waals surface area contributed by atoms with Crippen LogP contribution in [-0.4, -0.2) is 61.2 Å². The van der Waals surface area contributed by atoms with Crippen molar-refractivity contribution < 1.29 is 28.9 Å². The molecule has 0 radical (unpaired) electrons. The van der Waals surface area contributed by atoms with Crippen molar-refractivity contribution in [2.75, 3.05) is 19.8 Å². The van der Waals surface area contributed by atoms with Gasteiger partial charge in [-0.3, -0.25) is 4.79 Å². The van der Waals surface area contributed by atoms with Crippen molar-refractivity contribution >= 4 is 12.0 Å². The molecule has 2 amide bonds. The molecule has 3 rings (SSSR count). The van der Waals surface area contributed by atoms with E-state index in [1.54, 1.807) is 0 Å². The number of aryl methyl sites for hydroxylation is 2.